The summed E-state index contributed by atoms with van der Waals surface area (Å²) in [5.74, 6) is 0.430. The molecule has 0 radical (unpaired) electrons. The minimum absolute atomic E-state index is 0.271. The Morgan fingerprint density at radius 1 is 1.43 bits per heavy atom. The Balaban J connectivity index is 1.69. The first-order valence-electron chi connectivity index (χ1n) is 7.28. The third-order valence-electron chi connectivity index (χ3n) is 4.06. The number of benzene rings is 1. The molecule has 1 aliphatic heterocycles. The van der Waals surface area contributed by atoms with Gasteiger partial charge >= 0.3 is 0 Å². The number of nitrogens with zero attached hydrogens (tertiary/aromatic N) is 1. The molecule has 3 rings (SSSR count). The summed E-state index contributed by atoms with van der Waals surface area (Å²) in [7, 11) is 0. The molecule has 1 heterocycles. The summed E-state index contributed by atoms with van der Waals surface area (Å²) in [6, 6.07) is 8.32. The number of hydrogen-bond acceptors (Lipinski definition) is 5. The first-order valence-corrected chi connectivity index (χ1v) is 7.28. The Labute approximate surface area is 124 Å². The monoisotopic (exact) mass is 284 g/mol. The van der Waals surface area contributed by atoms with Gasteiger partial charge in [-0.1, -0.05) is 12.1 Å². The van der Waals surface area contributed by atoms with Crippen molar-refractivity contribution in [1.82, 2.24) is 5.32 Å². The van der Waals surface area contributed by atoms with Gasteiger partial charge in [0.25, 0.3) is 0 Å². The molecule has 4 N–H and O–H groups in total. The van der Waals surface area contributed by atoms with Crippen LogP contribution in [0.3, 0.4) is 0 Å². The van der Waals surface area contributed by atoms with E-state index >= 15 is 0 Å². The molecule has 0 unspecified atom stereocenters. The second-order valence-corrected chi connectivity index (χ2v) is 5.56. The largest absolute Gasteiger partial charge is 0.396 e. The van der Waals surface area contributed by atoms with Crippen LogP contribution in [0.25, 0.3) is 0 Å². The van der Waals surface area contributed by atoms with E-state index in [-0.39, 0.29) is 6.61 Å². The first-order chi connectivity index (χ1) is 10.3. The van der Waals surface area contributed by atoms with Gasteiger partial charge in [0.05, 0.1) is 23.6 Å². The quantitative estimate of drug-likeness (QED) is 0.625. The topological polar surface area (TPSA) is 80.5 Å². The number of aliphatic hydroxyl groups is 1. The molecule has 1 saturated carbocycles. The molecule has 0 aromatic heterocycles. The highest BCUT2D eigenvalue weighted by Gasteiger charge is 2.27. The van der Waals surface area contributed by atoms with Gasteiger partial charge in [-0.15, -0.1) is 0 Å². The molecule has 0 atom stereocenters. The maximum Gasteiger partial charge on any atom is 0.0865 e. The predicted octanol–water partition coefficient (Wildman–Crippen LogP) is 2.08. The molecule has 110 valence electrons. The fourth-order valence-corrected chi connectivity index (χ4v) is 2.69. The molecule has 0 bridgehead atoms. The van der Waals surface area contributed by atoms with Gasteiger partial charge < -0.3 is 21.1 Å². The Kier molecular flexibility index (Phi) is 4.01. The number of para-hydroxylation sites is 2. The molecular weight excluding hydrogens is 264 g/mol. The van der Waals surface area contributed by atoms with Gasteiger partial charge in [0.2, 0.25) is 0 Å². The Hall–Kier alpha value is -2.14. The number of anilines is 1. The summed E-state index contributed by atoms with van der Waals surface area (Å²) >= 11 is 0. The Bertz CT molecular complexity index is 588. The highest BCUT2D eigenvalue weighted by atomic mass is 16.3. The molecule has 0 amide bonds. The van der Waals surface area contributed by atoms with E-state index in [1.54, 1.807) is 0 Å². The fourth-order valence-electron chi connectivity index (χ4n) is 2.69. The number of hydrogen-bond donors (Lipinski definition) is 4. The van der Waals surface area contributed by atoms with Crippen molar-refractivity contribution in [2.45, 2.75) is 18.9 Å². The normalized spacial score (nSPS) is 24.2. The smallest absolute Gasteiger partial charge is 0.0865 e. The van der Waals surface area contributed by atoms with Crippen LogP contribution < -0.4 is 10.6 Å². The van der Waals surface area contributed by atoms with Crippen LogP contribution in [0.4, 0.5) is 11.4 Å². The van der Waals surface area contributed by atoms with Gasteiger partial charge in [-0.05, 0) is 30.9 Å². The molecule has 2 aliphatic rings. The van der Waals surface area contributed by atoms with Crippen molar-refractivity contribution in [2.75, 3.05) is 18.5 Å². The summed E-state index contributed by atoms with van der Waals surface area (Å²) in [6.45, 7) is 0.899. The van der Waals surface area contributed by atoms with E-state index in [9.17, 15) is 0 Å². The van der Waals surface area contributed by atoms with Crippen molar-refractivity contribution in [3.63, 3.8) is 0 Å². The highest BCUT2D eigenvalue weighted by molar-refractivity contribution is 6.18. The minimum atomic E-state index is 0.271. The maximum atomic E-state index is 9.02. The van der Waals surface area contributed by atoms with E-state index in [1.807, 2.05) is 30.5 Å². The van der Waals surface area contributed by atoms with Gasteiger partial charge in [-0.25, -0.2) is 4.99 Å². The number of aliphatic hydroxyl groups excluding tert-OH is 1. The molecular formula is C16H20N4O. The van der Waals surface area contributed by atoms with E-state index < -0.39 is 0 Å². The Morgan fingerprint density at radius 3 is 3.00 bits per heavy atom. The van der Waals surface area contributed by atoms with Crippen LogP contribution in [0, 0.1) is 11.3 Å². The summed E-state index contributed by atoms with van der Waals surface area (Å²) in [4.78, 5) is 4.62. The average molecular weight is 284 g/mol. The number of rotatable bonds is 5. The molecule has 0 saturated heterocycles. The van der Waals surface area contributed by atoms with Crippen LogP contribution in [-0.2, 0) is 0 Å². The van der Waals surface area contributed by atoms with Crippen molar-refractivity contribution in [1.29, 1.82) is 5.41 Å². The SMILES string of the molecule is N=C/C(=C\NC1CC(CO)C1)C1=Nc2ccccc2NC1. The standard InChI is InChI=1S/C16H20N4O/c17-7-12(8-18-13-5-11(6-13)10-21)16-9-19-14-3-1-2-4-15(14)20-16/h1-4,7-8,11,13,17-19,21H,5-6,9-10H2/b12-8+,17-7?. The zero-order valence-corrected chi connectivity index (χ0v) is 11.8. The van der Waals surface area contributed by atoms with E-state index in [0.29, 0.717) is 18.5 Å². The first kappa shape index (κ1) is 13.8. The van der Waals surface area contributed by atoms with Gasteiger partial charge in [-0.2, -0.15) is 0 Å². The van der Waals surface area contributed by atoms with Gasteiger partial charge in [0, 0.05) is 30.6 Å². The maximum absolute atomic E-state index is 9.02. The van der Waals surface area contributed by atoms with Gasteiger partial charge in [0.15, 0.2) is 0 Å². The highest BCUT2D eigenvalue weighted by Crippen LogP contribution is 2.29. The molecule has 21 heavy (non-hydrogen) atoms. The van der Waals surface area contributed by atoms with E-state index in [0.717, 1.165) is 35.5 Å². The van der Waals surface area contributed by atoms with Crippen molar-refractivity contribution in [3.8, 4) is 0 Å². The molecule has 5 heteroatoms. The second kappa shape index (κ2) is 6.10. The van der Waals surface area contributed by atoms with Crippen LogP contribution in [0.2, 0.25) is 0 Å². The van der Waals surface area contributed by atoms with Crippen LogP contribution in [0.15, 0.2) is 41.0 Å². The van der Waals surface area contributed by atoms with Crippen molar-refractivity contribution >= 4 is 23.3 Å². The zero-order chi connectivity index (χ0) is 14.7. The molecule has 5 nitrogen and oxygen atoms in total. The predicted molar refractivity (Wildman–Crippen MR) is 85.6 cm³/mol. The summed E-state index contributed by atoms with van der Waals surface area (Å²) < 4.78 is 0. The van der Waals surface area contributed by atoms with Crippen molar-refractivity contribution in [3.05, 3.63) is 36.0 Å². The number of aliphatic imine (C=N–C) groups is 1. The lowest BCUT2D eigenvalue weighted by Crippen LogP contribution is -2.40. The second-order valence-electron chi connectivity index (χ2n) is 5.56. The lowest BCUT2D eigenvalue weighted by atomic mass is 9.81. The summed E-state index contributed by atoms with van der Waals surface area (Å²) in [5.41, 5.74) is 3.61. The minimum Gasteiger partial charge on any atom is -0.396 e. The summed E-state index contributed by atoms with van der Waals surface area (Å²) in [6.07, 6.45) is 5.20. The van der Waals surface area contributed by atoms with Crippen LogP contribution in [0.5, 0.6) is 0 Å². The molecule has 1 aliphatic carbocycles. The van der Waals surface area contributed by atoms with Gasteiger partial charge in [-0.3, -0.25) is 0 Å². The third-order valence-corrected chi connectivity index (χ3v) is 4.06. The fraction of sp³-hybridized carbons (Fsp3) is 0.375. The number of fused-ring (bicyclic) bond motifs is 1. The van der Waals surface area contributed by atoms with E-state index in [4.69, 9.17) is 10.5 Å². The van der Waals surface area contributed by atoms with Crippen LogP contribution >= 0.6 is 0 Å². The molecule has 1 fully saturated rings. The Morgan fingerprint density at radius 2 is 2.24 bits per heavy atom. The van der Waals surface area contributed by atoms with Crippen LogP contribution in [-0.4, -0.2) is 36.2 Å². The van der Waals surface area contributed by atoms with E-state index in [2.05, 4.69) is 15.6 Å². The van der Waals surface area contributed by atoms with Gasteiger partial charge in [0.1, 0.15) is 0 Å². The molecule has 1 aromatic rings. The molecule has 0 spiro atoms. The lowest BCUT2D eigenvalue weighted by molar-refractivity contribution is 0.133. The van der Waals surface area contributed by atoms with E-state index in [1.165, 1.54) is 6.21 Å². The third kappa shape index (κ3) is 2.97. The zero-order valence-electron chi connectivity index (χ0n) is 11.8. The molecule has 1 aromatic carbocycles. The van der Waals surface area contributed by atoms with Crippen molar-refractivity contribution < 1.29 is 5.11 Å². The van der Waals surface area contributed by atoms with Crippen LogP contribution in [0.1, 0.15) is 12.8 Å². The average Bonchev–Trinajstić information content (AvgIpc) is 2.49. The lowest BCUT2D eigenvalue weighted by Gasteiger charge is -2.34. The number of nitrogens with one attached hydrogen (secondary N) is 3. The van der Waals surface area contributed by atoms with Crippen molar-refractivity contribution in [2.24, 2.45) is 10.9 Å². The summed E-state index contributed by atoms with van der Waals surface area (Å²) in [5, 5.41) is 23.3.